The van der Waals surface area contributed by atoms with Gasteiger partial charge in [0.15, 0.2) is 0 Å². The van der Waals surface area contributed by atoms with E-state index in [1.807, 2.05) is 30.2 Å². The highest BCUT2D eigenvalue weighted by atomic mass is 19.4. The van der Waals surface area contributed by atoms with Crippen molar-refractivity contribution >= 4 is 11.4 Å². The third-order valence-corrected chi connectivity index (χ3v) is 5.08. The molecule has 2 aromatic rings. The fourth-order valence-corrected chi connectivity index (χ4v) is 3.42. The molecule has 0 saturated carbocycles. The first-order valence-corrected chi connectivity index (χ1v) is 9.77. The van der Waals surface area contributed by atoms with Gasteiger partial charge in [0.2, 0.25) is 0 Å². The minimum absolute atomic E-state index is 0.587. The van der Waals surface area contributed by atoms with Crippen LogP contribution in [0.3, 0.4) is 0 Å². The van der Waals surface area contributed by atoms with Gasteiger partial charge in [-0.05, 0) is 31.1 Å². The number of pyridine rings is 1. The van der Waals surface area contributed by atoms with Crippen molar-refractivity contribution in [3.8, 4) is 0 Å². The highest BCUT2D eigenvalue weighted by Gasteiger charge is 2.31. The predicted octanol–water partition coefficient (Wildman–Crippen LogP) is 4.52. The molecule has 0 unspecified atom stereocenters. The summed E-state index contributed by atoms with van der Waals surface area (Å²) in [7, 11) is 0. The van der Waals surface area contributed by atoms with Crippen LogP contribution in [0, 0.1) is 0 Å². The second kappa shape index (κ2) is 9.26. The van der Waals surface area contributed by atoms with Crippen LogP contribution in [0.15, 0.2) is 42.8 Å². The average Bonchev–Trinajstić information content (AvgIpc) is 3.17. The molecule has 1 aliphatic heterocycles. The van der Waals surface area contributed by atoms with Gasteiger partial charge in [-0.1, -0.05) is 25.2 Å². The van der Waals surface area contributed by atoms with Crippen LogP contribution in [-0.4, -0.2) is 46.3 Å². The van der Waals surface area contributed by atoms with Gasteiger partial charge in [0.1, 0.15) is 5.82 Å². The molecule has 0 radical (unpaired) electrons. The summed E-state index contributed by atoms with van der Waals surface area (Å²) >= 11 is 0. The van der Waals surface area contributed by atoms with Crippen LogP contribution in [0.2, 0.25) is 0 Å². The van der Waals surface area contributed by atoms with Crippen molar-refractivity contribution in [1.82, 2.24) is 20.1 Å². The summed E-state index contributed by atoms with van der Waals surface area (Å²) in [5.41, 5.74) is 2.72. The number of alkyl halides is 3. The van der Waals surface area contributed by atoms with E-state index in [1.165, 1.54) is 11.6 Å². The van der Waals surface area contributed by atoms with E-state index in [1.54, 1.807) is 0 Å². The van der Waals surface area contributed by atoms with Gasteiger partial charge >= 0.3 is 6.18 Å². The van der Waals surface area contributed by atoms with Crippen molar-refractivity contribution in [3.63, 3.8) is 0 Å². The first kappa shape index (κ1) is 21.1. The molecule has 5 nitrogen and oxygen atoms in total. The van der Waals surface area contributed by atoms with Gasteiger partial charge in [0.05, 0.1) is 17.5 Å². The Morgan fingerprint density at radius 1 is 1.17 bits per heavy atom. The molecule has 0 bridgehead atoms. The lowest BCUT2D eigenvalue weighted by Gasteiger charge is -2.35. The van der Waals surface area contributed by atoms with Crippen LogP contribution >= 0.6 is 0 Å². The Kier molecular flexibility index (Phi) is 6.74. The van der Waals surface area contributed by atoms with E-state index in [2.05, 4.69) is 33.1 Å². The lowest BCUT2D eigenvalue weighted by molar-refractivity contribution is -0.137. The molecule has 8 heteroatoms. The van der Waals surface area contributed by atoms with Gasteiger partial charge in [-0.25, -0.2) is 4.98 Å². The second-order valence-electron chi connectivity index (χ2n) is 7.01. The van der Waals surface area contributed by atoms with Crippen LogP contribution in [0.5, 0.6) is 0 Å². The zero-order valence-corrected chi connectivity index (χ0v) is 16.7. The monoisotopic (exact) mass is 405 g/mol. The summed E-state index contributed by atoms with van der Waals surface area (Å²) in [6.45, 7) is 7.97. The van der Waals surface area contributed by atoms with Gasteiger partial charge in [-0.3, -0.25) is 10.00 Å². The number of hydrogen-bond donors (Lipinski definition) is 1. The van der Waals surface area contributed by atoms with Crippen LogP contribution < -0.4 is 4.90 Å². The lowest BCUT2D eigenvalue weighted by Crippen LogP contribution is -2.46. The van der Waals surface area contributed by atoms with Crippen LogP contribution in [0.4, 0.5) is 19.0 Å². The first-order valence-electron chi connectivity index (χ1n) is 9.77. The SMILES string of the molecule is C/C=C\C=C(/CC)c1[nH]ncc1CN1CCN(c2ccc(C(F)(F)F)cn2)CC1. The molecular weight excluding hydrogens is 379 g/mol. The summed E-state index contributed by atoms with van der Waals surface area (Å²) in [5, 5.41) is 7.34. The highest BCUT2D eigenvalue weighted by molar-refractivity contribution is 5.66. The Hall–Kier alpha value is -2.61. The fraction of sp³-hybridized carbons (Fsp3) is 0.429. The third-order valence-electron chi connectivity index (χ3n) is 5.08. The molecule has 0 spiro atoms. The van der Waals surface area contributed by atoms with Crippen LogP contribution in [-0.2, 0) is 12.7 Å². The lowest BCUT2D eigenvalue weighted by atomic mass is 10.0. The zero-order chi connectivity index (χ0) is 20.9. The molecule has 1 saturated heterocycles. The van der Waals surface area contributed by atoms with Crippen molar-refractivity contribution in [2.75, 3.05) is 31.1 Å². The number of piperazine rings is 1. The van der Waals surface area contributed by atoms with E-state index in [0.717, 1.165) is 62.7 Å². The minimum atomic E-state index is -4.36. The smallest absolute Gasteiger partial charge is 0.354 e. The van der Waals surface area contributed by atoms with E-state index in [4.69, 9.17) is 0 Å². The highest BCUT2D eigenvalue weighted by Crippen LogP contribution is 2.29. The number of halogens is 3. The summed E-state index contributed by atoms with van der Waals surface area (Å²) in [4.78, 5) is 8.36. The number of hydrogen-bond acceptors (Lipinski definition) is 4. The third kappa shape index (κ3) is 5.26. The Morgan fingerprint density at radius 2 is 1.93 bits per heavy atom. The summed E-state index contributed by atoms with van der Waals surface area (Å²) in [6, 6.07) is 2.54. The minimum Gasteiger partial charge on any atom is -0.354 e. The first-order chi connectivity index (χ1) is 13.9. The fourth-order valence-electron chi connectivity index (χ4n) is 3.42. The van der Waals surface area contributed by atoms with Gasteiger partial charge < -0.3 is 4.90 Å². The molecular formula is C21H26F3N5. The van der Waals surface area contributed by atoms with Crippen molar-refractivity contribution in [3.05, 3.63) is 59.6 Å². The topological polar surface area (TPSA) is 48.1 Å². The van der Waals surface area contributed by atoms with Gasteiger partial charge in [-0.2, -0.15) is 18.3 Å². The van der Waals surface area contributed by atoms with Crippen LogP contribution in [0.25, 0.3) is 5.57 Å². The van der Waals surface area contributed by atoms with E-state index < -0.39 is 11.7 Å². The summed E-state index contributed by atoms with van der Waals surface area (Å²) in [5.74, 6) is 0.587. The maximum atomic E-state index is 12.7. The molecule has 0 aromatic carbocycles. The van der Waals surface area contributed by atoms with Crippen molar-refractivity contribution < 1.29 is 13.2 Å². The maximum Gasteiger partial charge on any atom is 0.417 e. The molecule has 1 aliphatic rings. The number of nitrogens with zero attached hydrogens (tertiary/aromatic N) is 4. The summed E-state index contributed by atoms with van der Waals surface area (Å²) < 4.78 is 38.1. The Labute approximate surface area is 168 Å². The normalized spacial score (nSPS) is 16.7. The molecule has 0 aliphatic carbocycles. The van der Waals surface area contributed by atoms with Crippen LogP contribution in [0.1, 0.15) is 37.1 Å². The molecule has 0 amide bonds. The molecule has 1 fully saturated rings. The number of nitrogens with one attached hydrogen (secondary N) is 1. The Morgan fingerprint density at radius 3 is 2.52 bits per heavy atom. The standard InChI is InChI=1S/C21H26F3N5/c1-3-5-6-16(4-2)20-17(13-26-27-20)15-28-9-11-29(12-10-28)19-8-7-18(14-25-19)21(22,23)24/h3,5-8,13-14H,4,9-12,15H2,1-2H3,(H,26,27)/b5-3-,16-6+. The number of allylic oxidation sites excluding steroid dienone is 4. The zero-order valence-electron chi connectivity index (χ0n) is 16.7. The molecule has 3 heterocycles. The van der Waals surface area contributed by atoms with Gasteiger partial charge in [0.25, 0.3) is 0 Å². The van der Waals surface area contributed by atoms with E-state index in [-0.39, 0.29) is 0 Å². The predicted molar refractivity (Wildman–Crippen MR) is 108 cm³/mol. The van der Waals surface area contributed by atoms with Gasteiger partial charge in [0, 0.05) is 44.5 Å². The Balaban J connectivity index is 1.60. The van der Waals surface area contributed by atoms with E-state index in [0.29, 0.717) is 5.82 Å². The number of rotatable bonds is 6. The second-order valence-corrected chi connectivity index (χ2v) is 7.01. The maximum absolute atomic E-state index is 12.7. The number of aromatic nitrogens is 3. The molecule has 3 rings (SSSR count). The van der Waals surface area contributed by atoms with E-state index in [9.17, 15) is 13.2 Å². The Bertz CT molecular complexity index is 844. The number of aromatic amines is 1. The van der Waals surface area contributed by atoms with Gasteiger partial charge in [-0.15, -0.1) is 0 Å². The summed E-state index contributed by atoms with van der Waals surface area (Å²) in [6.07, 6.45) is 5.46. The molecule has 1 N–H and O–H groups in total. The number of anilines is 1. The largest absolute Gasteiger partial charge is 0.417 e. The average molecular weight is 405 g/mol. The molecule has 156 valence electrons. The quantitative estimate of drug-likeness (QED) is 0.718. The molecule has 2 aromatic heterocycles. The number of H-pyrrole nitrogens is 1. The van der Waals surface area contributed by atoms with Crippen molar-refractivity contribution in [2.24, 2.45) is 0 Å². The van der Waals surface area contributed by atoms with Crippen molar-refractivity contribution in [1.29, 1.82) is 0 Å². The van der Waals surface area contributed by atoms with Crippen molar-refractivity contribution in [2.45, 2.75) is 33.0 Å². The molecule has 0 atom stereocenters. The van der Waals surface area contributed by atoms with E-state index >= 15 is 0 Å². The molecule has 29 heavy (non-hydrogen) atoms.